The van der Waals surface area contributed by atoms with Gasteiger partial charge in [0.15, 0.2) is 0 Å². The van der Waals surface area contributed by atoms with Crippen molar-refractivity contribution in [3.63, 3.8) is 0 Å². The molecule has 0 radical (unpaired) electrons. The van der Waals surface area contributed by atoms with Crippen LogP contribution in [-0.2, 0) is 20.1 Å². The third-order valence-electron chi connectivity index (χ3n) is 3.89. The summed E-state index contributed by atoms with van der Waals surface area (Å²) in [6.07, 6.45) is 1.62. The molecule has 1 fully saturated rings. The van der Waals surface area contributed by atoms with Gasteiger partial charge >= 0.3 is 5.97 Å². The molecule has 1 aliphatic heterocycles. The van der Waals surface area contributed by atoms with Crippen molar-refractivity contribution in [2.24, 2.45) is 5.92 Å². The average molecular weight is 390 g/mol. The number of carbonyl (C=O) groups excluding carboxylic acids is 2. The molecule has 1 aromatic rings. The lowest BCUT2D eigenvalue weighted by atomic mass is 9.98. The molecule has 4 nitrogen and oxygen atoms in total. The molecule has 1 unspecified atom stereocenters. The van der Waals surface area contributed by atoms with E-state index in [1.165, 1.54) is 11.8 Å². The zero-order chi connectivity index (χ0) is 17.5. The molecule has 7 heteroatoms. The third-order valence-corrected chi connectivity index (χ3v) is 5.45. The fourth-order valence-electron chi connectivity index (χ4n) is 2.63. The predicted molar refractivity (Wildman–Crippen MR) is 98.6 cm³/mol. The Balaban J connectivity index is 1.80. The van der Waals surface area contributed by atoms with E-state index in [2.05, 4.69) is 0 Å². The van der Waals surface area contributed by atoms with E-state index in [-0.39, 0.29) is 17.8 Å². The highest BCUT2D eigenvalue weighted by Gasteiger charge is 2.29. The van der Waals surface area contributed by atoms with Gasteiger partial charge in [-0.1, -0.05) is 29.3 Å². The van der Waals surface area contributed by atoms with Crippen LogP contribution >= 0.6 is 35.0 Å². The molecule has 1 amide bonds. The molecule has 0 spiro atoms. The van der Waals surface area contributed by atoms with Crippen LogP contribution < -0.4 is 0 Å². The Hall–Kier alpha value is -0.910. The van der Waals surface area contributed by atoms with Crippen LogP contribution in [0.4, 0.5) is 0 Å². The van der Waals surface area contributed by atoms with Crippen LogP contribution in [0.25, 0.3) is 0 Å². The lowest BCUT2D eigenvalue weighted by Gasteiger charge is -2.31. The number of likely N-dealkylation sites (tertiary alicyclic amines) is 1. The summed E-state index contributed by atoms with van der Waals surface area (Å²) in [5.41, 5.74) is 0.960. The monoisotopic (exact) mass is 389 g/mol. The normalized spacial score (nSPS) is 17.6. The first kappa shape index (κ1) is 19.4. The lowest BCUT2D eigenvalue weighted by Crippen LogP contribution is -2.43. The summed E-state index contributed by atoms with van der Waals surface area (Å²) < 4.78 is 5.06. The molecule has 24 heavy (non-hydrogen) atoms. The van der Waals surface area contributed by atoms with Gasteiger partial charge < -0.3 is 9.64 Å². The Morgan fingerprint density at radius 2 is 2.17 bits per heavy atom. The van der Waals surface area contributed by atoms with Crippen molar-refractivity contribution in [1.29, 1.82) is 0 Å². The van der Waals surface area contributed by atoms with Gasteiger partial charge in [-0.2, -0.15) is 0 Å². The van der Waals surface area contributed by atoms with E-state index in [0.717, 1.165) is 18.4 Å². The summed E-state index contributed by atoms with van der Waals surface area (Å²) in [6.45, 7) is 3.33. The maximum Gasteiger partial charge on any atom is 0.310 e. The first-order valence-corrected chi connectivity index (χ1v) is 9.88. The van der Waals surface area contributed by atoms with Gasteiger partial charge in [-0.15, -0.1) is 11.8 Å². The number of esters is 1. The van der Waals surface area contributed by atoms with Crippen LogP contribution in [0.2, 0.25) is 10.0 Å². The largest absolute Gasteiger partial charge is 0.466 e. The predicted octanol–water partition coefficient (Wildman–Crippen LogP) is 4.03. The van der Waals surface area contributed by atoms with Gasteiger partial charge in [-0.25, -0.2) is 0 Å². The molecule has 0 aliphatic carbocycles. The zero-order valence-electron chi connectivity index (χ0n) is 13.6. The Kier molecular flexibility index (Phi) is 7.72. The summed E-state index contributed by atoms with van der Waals surface area (Å²) in [5.74, 6) is 0.679. The molecule has 0 saturated carbocycles. The van der Waals surface area contributed by atoms with E-state index >= 15 is 0 Å². The molecular weight excluding hydrogens is 369 g/mol. The average Bonchev–Trinajstić information content (AvgIpc) is 2.57. The molecule has 1 saturated heterocycles. The fourth-order valence-corrected chi connectivity index (χ4v) is 4.12. The summed E-state index contributed by atoms with van der Waals surface area (Å²) >= 11 is 13.5. The van der Waals surface area contributed by atoms with E-state index in [4.69, 9.17) is 27.9 Å². The summed E-state index contributed by atoms with van der Waals surface area (Å²) in [7, 11) is 0. The van der Waals surface area contributed by atoms with Crippen LogP contribution in [0.5, 0.6) is 0 Å². The van der Waals surface area contributed by atoms with Crippen molar-refractivity contribution >= 4 is 46.8 Å². The molecule has 2 rings (SSSR count). The number of piperidine rings is 1. The summed E-state index contributed by atoms with van der Waals surface area (Å²) in [6, 6.07) is 5.37. The first-order valence-electron chi connectivity index (χ1n) is 7.97. The molecular formula is C17H21Cl2NO3S. The van der Waals surface area contributed by atoms with E-state index in [0.29, 0.717) is 41.2 Å². The van der Waals surface area contributed by atoms with Crippen molar-refractivity contribution in [3.05, 3.63) is 33.8 Å². The highest BCUT2D eigenvalue weighted by atomic mass is 35.5. The fraction of sp³-hybridized carbons (Fsp3) is 0.529. The Bertz CT molecular complexity index is 597. The molecule has 132 valence electrons. The van der Waals surface area contributed by atoms with E-state index in [1.54, 1.807) is 24.0 Å². The van der Waals surface area contributed by atoms with E-state index < -0.39 is 0 Å². The van der Waals surface area contributed by atoms with E-state index in [9.17, 15) is 9.59 Å². The highest BCUT2D eigenvalue weighted by molar-refractivity contribution is 7.99. The molecule has 0 bridgehead atoms. The maximum atomic E-state index is 12.4. The van der Waals surface area contributed by atoms with Crippen molar-refractivity contribution in [2.45, 2.75) is 25.5 Å². The number of hydrogen-bond donors (Lipinski definition) is 0. The van der Waals surface area contributed by atoms with Crippen molar-refractivity contribution in [1.82, 2.24) is 4.90 Å². The molecule has 0 aromatic heterocycles. The topological polar surface area (TPSA) is 46.6 Å². The Morgan fingerprint density at radius 1 is 1.38 bits per heavy atom. The number of hydrogen-bond acceptors (Lipinski definition) is 4. The maximum absolute atomic E-state index is 12.4. The number of rotatable bonds is 6. The van der Waals surface area contributed by atoms with Crippen LogP contribution in [0.15, 0.2) is 18.2 Å². The number of amides is 1. The van der Waals surface area contributed by atoms with Gasteiger partial charge in [-0.3, -0.25) is 9.59 Å². The number of nitrogens with zero attached hydrogens (tertiary/aromatic N) is 1. The van der Waals surface area contributed by atoms with E-state index in [1.807, 2.05) is 6.07 Å². The van der Waals surface area contributed by atoms with Crippen molar-refractivity contribution < 1.29 is 14.3 Å². The molecule has 1 aromatic carbocycles. The Morgan fingerprint density at radius 3 is 2.88 bits per heavy atom. The van der Waals surface area contributed by atoms with Crippen LogP contribution in [0.1, 0.15) is 25.3 Å². The second-order valence-corrected chi connectivity index (χ2v) is 7.49. The number of carbonyl (C=O) groups is 2. The number of halogens is 2. The summed E-state index contributed by atoms with van der Waals surface area (Å²) in [5, 5.41) is 1.21. The molecule has 1 heterocycles. The second kappa shape index (κ2) is 9.54. The lowest BCUT2D eigenvalue weighted by molar-refractivity contribution is -0.151. The minimum Gasteiger partial charge on any atom is -0.466 e. The molecule has 0 N–H and O–H groups in total. The third kappa shape index (κ3) is 5.57. The second-order valence-electron chi connectivity index (χ2n) is 5.66. The van der Waals surface area contributed by atoms with Crippen LogP contribution in [-0.4, -0.2) is 42.2 Å². The van der Waals surface area contributed by atoms with Gasteiger partial charge in [0.1, 0.15) is 0 Å². The number of thioether (sulfide) groups is 1. The SMILES string of the molecule is CCOC(=O)C1CCCN(C(=O)CSCc2ccc(Cl)cc2Cl)C1. The first-order chi connectivity index (χ1) is 11.5. The van der Waals surface area contributed by atoms with Crippen molar-refractivity contribution in [3.8, 4) is 0 Å². The minimum atomic E-state index is -0.199. The zero-order valence-corrected chi connectivity index (χ0v) is 15.9. The Labute approximate surface area is 156 Å². The van der Waals surface area contributed by atoms with Gasteiger partial charge in [0.05, 0.1) is 18.3 Å². The smallest absolute Gasteiger partial charge is 0.310 e. The van der Waals surface area contributed by atoms with Gasteiger partial charge in [0, 0.05) is 28.9 Å². The van der Waals surface area contributed by atoms with Crippen LogP contribution in [0.3, 0.4) is 0 Å². The van der Waals surface area contributed by atoms with Crippen LogP contribution in [0, 0.1) is 5.92 Å². The molecule has 1 aliphatic rings. The summed E-state index contributed by atoms with van der Waals surface area (Å²) in [4.78, 5) is 26.0. The van der Waals surface area contributed by atoms with Gasteiger partial charge in [0.2, 0.25) is 5.91 Å². The number of benzene rings is 1. The van der Waals surface area contributed by atoms with Crippen molar-refractivity contribution in [2.75, 3.05) is 25.4 Å². The molecule has 1 atom stereocenters. The standard InChI is InChI=1S/C17H21Cl2NO3S/c1-2-23-17(22)12-4-3-7-20(9-12)16(21)11-24-10-13-5-6-14(18)8-15(13)19/h5-6,8,12H,2-4,7,9-11H2,1H3. The van der Waals surface area contributed by atoms with Gasteiger partial charge in [-0.05, 0) is 37.5 Å². The van der Waals surface area contributed by atoms with Gasteiger partial charge in [0.25, 0.3) is 0 Å². The number of ether oxygens (including phenoxy) is 1. The highest BCUT2D eigenvalue weighted by Crippen LogP contribution is 2.25. The minimum absolute atomic E-state index is 0.0547. The quantitative estimate of drug-likeness (QED) is 0.689.